The van der Waals surface area contributed by atoms with E-state index in [1.807, 2.05) is 66.4 Å². The lowest BCUT2D eigenvalue weighted by atomic mass is 9.81. The Hall–Kier alpha value is -3.60. The Kier molecular flexibility index (Phi) is 5.63. The molecule has 0 bridgehead atoms. The van der Waals surface area contributed by atoms with Gasteiger partial charge in [0.1, 0.15) is 12.4 Å². The molecule has 1 atom stereocenters. The quantitative estimate of drug-likeness (QED) is 0.538. The number of benzene rings is 3. The van der Waals surface area contributed by atoms with Crippen LogP contribution in [0.2, 0.25) is 0 Å². The monoisotopic (exact) mass is 441 g/mol. The number of carboxylic acid groups (broad SMARTS) is 1. The number of aryl methyl sites for hydroxylation is 2. The van der Waals surface area contributed by atoms with Gasteiger partial charge < -0.3 is 14.7 Å². The van der Waals surface area contributed by atoms with Gasteiger partial charge in [-0.3, -0.25) is 9.59 Å². The average Bonchev–Trinajstić information content (AvgIpc) is 3.15. The van der Waals surface area contributed by atoms with Gasteiger partial charge in [0.15, 0.2) is 0 Å². The summed E-state index contributed by atoms with van der Waals surface area (Å²) < 4.78 is 6.15. The van der Waals surface area contributed by atoms with Gasteiger partial charge in [0.25, 0.3) is 5.91 Å². The summed E-state index contributed by atoms with van der Waals surface area (Å²) in [5, 5.41) is 9.20. The third-order valence-corrected chi connectivity index (χ3v) is 6.78. The number of hydrogen-bond acceptors (Lipinski definition) is 3. The fourth-order valence-corrected chi connectivity index (χ4v) is 5.03. The van der Waals surface area contributed by atoms with E-state index in [0.717, 1.165) is 58.5 Å². The van der Waals surface area contributed by atoms with E-state index in [4.69, 9.17) is 4.74 Å². The molecule has 0 spiro atoms. The van der Waals surface area contributed by atoms with Crippen LogP contribution in [0.5, 0.6) is 5.75 Å². The highest BCUT2D eigenvalue weighted by molar-refractivity contribution is 6.10. The van der Waals surface area contributed by atoms with E-state index in [-0.39, 0.29) is 18.2 Å². The number of anilines is 1. The van der Waals surface area contributed by atoms with E-state index in [2.05, 4.69) is 6.07 Å². The second kappa shape index (κ2) is 8.74. The molecule has 33 heavy (non-hydrogen) atoms. The molecule has 0 saturated carbocycles. The molecule has 1 N–H and O–H groups in total. The second-order valence-corrected chi connectivity index (χ2v) is 9.01. The van der Waals surface area contributed by atoms with Gasteiger partial charge in [-0.05, 0) is 84.7 Å². The molecule has 1 unspecified atom stereocenters. The molecule has 5 heteroatoms. The molecule has 1 amide bonds. The summed E-state index contributed by atoms with van der Waals surface area (Å²) in [5.74, 6) is 0.132. The summed E-state index contributed by atoms with van der Waals surface area (Å²) in [6.45, 7) is 2.96. The van der Waals surface area contributed by atoms with Crippen LogP contribution in [0.15, 0.2) is 60.7 Å². The molecule has 0 aromatic heterocycles. The topological polar surface area (TPSA) is 66.8 Å². The summed E-state index contributed by atoms with van der Waals surface area (Å²) in [5.41, 5.74) is 7.15. The fraction of sp³-hybridized carbons (Fsp3) is 0.286. The minimum absolute atomic E-state index is 0.0222. The standard InChI is InChI=1S/C28H27NO4/c1-18-8-10-22(11-9-18)29-16-26-21(6-3-7-25(26)28(29)32)17-33-23-12-13-24-19(14-23)4-2-5-20(24)15-27(30)31/h3,6-14,20H,2,4-5,15-17H2,1H3,(H,30,31). The van der Waals surface area contributed by atoms with Crippen molar-refractivity contribution in [3.05, 3.63) is 94.0 Å². The third-order valence-electron chi connectivity index (χ3n) is 6.78. The van der Waals surface area contributed by atoms with Crippen molar-refractivity contribution in [2.24, 2.45) is 0 Å². The van der Waals surface area contributed by atoms with Crippen molar-refractivity contribution in [1.82, 2.24) is 0 Å². The van der Waals surface area contributed by atoms with Gasteiger partial charge in [-0.15, -0.1) is 0 Å². The zero-order valence-electron chi connectivity index (χ0n) is 18.7. The maximum atomic E-state index is 13.0. The number of carbonyl (C=O) groups excluding carboxylic acids is 1. The number of carboxylic acids is 1. The lowest BCUT2D eigenvalue weighted by Gasteiger charge is -2.25. The van der Waals surface area contributed by atoms with Crippen molar-refractivity contribution in [2.75, 3.05) is 4.90 Å². The molecule has 3 aromatic rings. The van der Waals surface area contributed by atoms with Gasteiger partial charge in [-0.25, -0.2) is 0 Å². The Bertz CT molecular complexity index is 1220. The maximum Gasteiger partial charge on any atom is 0.303 e. The van der Waals surface area contributed by atoms with Gasteiger partial charge in [-0.2, -0.15) is 0 Å². The summed E-state index contributed by atoms with van der Waals surface area (Å²) in [6, 6.07) is 19.8. The lowest BCUT2D eigenvalue weighted by Crippen LogP contribution is -2.22. The van der Waals surface area contributed by atoms with Crippen LogP contribution in [-0.2, 0) is 24.4 Å². The Labute approximate surface area is 193 Å². The molecule has 3 aromatic carbocycles. The highest BCUT2D eigenvalue weighted by Gasteiger charge is 2.30. The molecule has 168 valence electrons. The molecule has 0 fully saturated rings. The van der Waals surface area contributed by atoms with Crippen LogP contribution in [0, 0.1) is 6.92 Å². The fourth-order valence-electron chi connectivity index (χ4n) is 5.03. The van der Waals surface area contributed by atoms with Crippen molar-refractivity contribution < 1.29 is 19.4 Å². The number of rotatable bonds is 6. The summed E-state index contributed by atoms with van der Waals surface area (Å²) in [7, 11) is 0. The number of nitrogens with zero attached hydrogens (tertiary/aromatic N) is 1. The molecule has 2 aliphatic rings. The molecule has 1 aliphatic carbocycles. The van der Waals surface area contributed by atoms with Crippen molar-refractivity contribution in [3.8, 4) is 5.75 Å². The zero-order valence-corrected chi connectivity index (χ0v) is 18.7. The van der Waals surface area contributed by atoms with E-state index in [9.17, 15) is 14.7 Å². The van der Waals surface area contributed by atoms with Crippen molar-refractivity contribution in [2.45, 2.75) is 51.7 Å². The SMILES string of the molecule is Cc1ccc(N2Cc3c(COc4ccc5c(c4)CCCC5CC(=O)O)cccc3C2=O)cc1. The Balaban J connectivity index is 1.33. The number of amides is 1. The highest BCUT2D eigenvalue weighted by Crippen LogP contribution is 2.36. The van der Waals surface area contributed by atoms with Crippen LogP contribution in [0.3, 0.4) is 0 Å². The number of carbonyl (C=O) groups is 2. The van der Waals surface area contributed by atoms with Crippen LogP contribution in [0.25, 0.3) is 0 Å². The first-order valence-corrected chi connectivity index (χ1v) is 11.5. The van der Waals surface area contributed by atoms with Gasteiger partial charge in [0.05, 0.1) is 13.0 Å². The summed E-state index contributed by atoms with van der Waals surface area (Å²) in [6.07, 6.45) is 3.04. The first-order valence-electron chi connectivity index (χ1n) is 11.5. The predicted molar refractivity (Wildman–Crippen MR) is 127 cm³/mol. The van der Waals surface area contributed by atoms with E-state index in [0.29, 0.717) is 13.2 Å². The summed E-state index contributed by atoms with van der Waals surface area (Å²) in [4.78, 5) is 26.0. The highest BCUT2D eigenvalue weighted by atomic mass is 16.5. The predicted octanol–water partition coefficient (Wildman–Crippen LogP) is 5.63. The van der Waals surface area contributed by atoms with Crippen molar-refractivity contribution >= 4 is 17.6 Å². The molecule has 0 radical (unpaired) electrons. The Morgan fingerprint density at radius 3 is 2.73 bits per heavy atom. The minimum Gasteiger partial charge on any atom is -0.489 e. The molecule has 1 aliphatic heterocycles. The second-order valence-electron chi connectivity index (χ2n) is 9.01. The number of aliphatic carboxylic acids is 1. The van der Waals surface area contributed by atoms with Crippen LogP contribution < -0.4 is 9.64 Å². The molecular formula is C28H27NO4. The largest absolute Gasteiger partial charge is 0.489 e. The Morgan fingerprint density at radius 2 is 1.94 bits per heavy atom. The van der Waals surface area contributed by atoms with Crippen molar-refractivity contribution in [1.29, 1.82) is 0 Å². The van der Waals surface area contributed by atoms with E-state index >= 15 is 0 Å². The molecule has 1 heterocycles. The number of hydrogen-bond donors (Lipinski definition) is 1. The van der Waals surface area contributed by atoms with Gasteiger partial charge in [-0.1, -0.05) is 35.9 Å². The zero-order chi connectivity index (χ0) is 22.9. The van der Waals surface area contributed by atoms with E-state index in [1.54, 1.807) is 0 Å². The van der Waals surface area contributed by atoms with Crippen LogP contribution >= 0.6 is 0 Å². The molecule has 0 saturated heterocycles. The Morgan fingerprint density at radius 1 is 1.12 bits per heavy atom. The molecule has 5 rings (SSSR count). The first kappa shape index (κ1) is 21.3. The smallest absolute Gasteiger partial charge is 0.303 e. The normalized spacial score (nSPS) is 16.9. The minimum atomic E-state index is -0.750. The third kappa shape index (κ3) is 4.23. The first-order chi connectivity index (χ1) is 16.0. The maximum absolute atomic E-state index is 13.0. The van der Waals surface area contributed by atoms with Crippen molar-refractivity contribution in [3.63, 3.8) is 0 Å². The lowest BCUT2D eigenvalue weighted by molar-refractivity contribution is -0.137. The van der Waals surface area contributed by atoms with Crippen LogP contribution in [0.1, 0.15) is 63.4 Å². The van der Waals surface area contributed by atoms with Gasteiger partial charge in [0.2, 0.25) is 0 Å². The molecular weight excluding hydrogens is 414 g/mol. The average molecular weight is 442 g/mol. The van der Waals surface area contributed by atoms with E-state index < -0.39 is 5.97 Å². The van der Waals surface area contributed by atoms with Crippen LogP contribution in [0.4, 0.5) is 5.69 Å². The van der Waals surface area contributed by atoms with Gasteiger partial charge >= 0.3 is 5.97 Å². The van der Waals surface area contributed by atoms with Gasteiger partial charge in [0, 0.05) is 11.3 Å². The summed E-state index contributed by atoms with van der Waals surface area (Å²) >= 11 is 0. The van der Waals surface area contributed by atoms with E-state index in [1.165, 1.54) is 5.56 Å². The van der Waals surface area contributed by atoms with Crippen LogP contribution in [-0.4, -0.2) is 17.0 Å². The molecule has 5 nitrogen and oxygen atoms in total. The number of ether oxygens (including phenoxy) is 1. The number of fused-ring (bicyclic) bond motifs is 2.